The van der Waals surface area contributed by atoms with Crippen molar-refractivity contribution in [3.05, 3.63) is 370 Å². The van der Waals surface area contributed by atoms with Crippen molar-refractivity contribution in [2.24, 2.45) is 0 Å². The SMILES string of the molecule is c1ccc(-n2c3cc4sc5ccccc5c4cc3c3cc4c(cc32)c2nc3ccccc3n2c2cccnc42)cc1.c1ccc(-n2c3cc4sc5ccccc5c4cc3c3cc4c5ccccc5n5c6ccccc6nc5c4cc32)cc1.c1ccc(-n2c3cc4sc5ccccc5c4cc3c3cc4c5cccnc5n5c6ccccc6nc5c4cc32)cc1. The van der Waals surface area contributed by atoms with Gasteiger partial charge < -0.3 is 13.7 Å². The fourth-order valence-electron chi connectivity index (χ4n) is 20.4. The zero-order chi connectivity index (χ0) is 80.0. The molecule has 14 heteroatoms. The van der Waals surface area contributed by atoms with Gasteiger partial charge in [-0.1, -0.05) is 164 Å². The van der Waals surface area contributed by atoms with Gasteiger partial charge in [0.1, 0.15) is 22.6 Å². The van der Waals surface area contributed by atoms with Crippen molar-refractivity contribution in [3.8, 4) is 17.1 Å². The van der Waals surface area contributed by atoms with E-state index in [1.165, 1.54) is 153 Å². The van der Waals surface area contributed by atoms with Gasteiger partial charge >= 0.3 is 0 Å². The Morgan fingerprint density at radius 3 is 0.935 bits per heavy atom. The van der Waals surface area contributed by atoms with Gasteiger partial charge in [0, 0.05) is 155 Å². The van der Waals surface area contributed by atoms with Crippen molar-refractivity contribution in [2.45, 2.75) is 0 Å². The number of para-hydroxylation sites is 10. The first kappa shape index (κ1) is 67.2. The zero-order valence-electron chi connectivity index (χ0n) is 65.4. The summed E-state index contributed by atoms with van der Waals surface area (Å²) in [5.41, 5.74) is 24.0. The highest BCUT2D eigenvalue weighted by atomic mass is 32.1. The summed E-state index contributed by atoms with van der Waals surface area (Å²) in [7, 11) is 0. The second-order valence-corrected chi connectivity index (χ2v) is 35.4. The maximum absolute atomic E-state index is 5.18. The highest BCUT2D eigenvalue weighted by Gasteiger charge is 2.26. The fraction of sp³-hybridized carbons (Fsp3) is 0. The molecule has 0 aliphatic heterocycles. The van der Waals surface area contributed by atoms with Gasteiger partial charge in [-0.3, -0.25) is 18.2 Å². The van der Waals surface area contributed by atoms with Crippen LogP contribution in [0.1, 0.15) is 0 Å². The molecule has 16 aromatic carbocycles. The van der Waals surface area contributed by atoms with Crippen molar-refractivity contribution < 1.29 is 0 Å². The summed E-state index contributed by atoms with van der Waals surface area (Å²) in [5.74, 6) is 0. The Morgan fingerprint density at radius 2 is 0.480 bits per heavy atom. The second kappa shape index (κ2) is 25.4. The summed E-state index contributed by atoms with van der Waals surface area (Å²) in [6.07, 6.45) is 3.77. The summed E-state index contributed by atoms with van der Waals surface area (Å²) in [6.45, 7) is 0. The number of thiophene rings is 3. The summed E-state index contributed by atoms with van der Waals surface area (Å²) >= 11 is 5.60. The Hall–Kier alpha value is -15.7. The standard InChI is InChI=1S/C37H21N3S.2C36H20N4S/c1-2-10-22(11-3-1)39-33-20-29-25(23-12-4-7-15-31(23)40-32-16-8-6-14-30(32)38-37(29)40)18-26(33)27-19-28-24-13-5-9-17-35(24)41-36(28)21-34(27)39;1-2-9-21(10-3-1)39-31-19-28-24(23-12-8-16-37-35(23)40-30-14-6-5-13-29(30)38-36(28)40)17-25(31)26-18-27-22-11-4-7-15-33(22)41-34(27)20-32(26)39;1-2-9-21(10-3-1)39-31-19-27-26(35-30(14-8-16-37-35)40-29-13-6-5-12-28(29)38-36(27)40)18-24(31)23-17-25-22-11-4-7-15-33(22)41-34(25)20-32(23)39/h1-21H;2*1-20H. The van der Waals surface area contributed by atoms with Crippen molar-refractivity contribution in [2.75, 3.05) is 0 Å². The lowest BCUT2D eigenvalue weighted by molar-refractivity contribution is 1.18. The number of imidazole rings is 3. The Kier molecular flexibility index (Phi) is 13.9. The van der Waals surface area contributed by atoms with E-state index < -0.39 is 0 Å². The van der Waals surface area contributed by atoms with Crippen LogP contribution < -0.4 is 0 Å². The van der Waals surface area contributed by atoms with Gasteiger partial charge in [0.05, 0.1) is 82.8 Å². The first-order valence-electron chi connectivity index (χ1n) is 41.4. The van der Waals surface area contributed by atoms with E-state index >= 15 is 0 Å². The van der Waals surface area contributed by atoms with E-state index in [2.05, 4.69) is 367 Å². The molecule has 0 fully saturated rings. The fourth-order valence-corrected chi connectivity index (χ4v) is 23.8. The van der Waals surface area contributed by atoms with Gasteiger partial charge in [-0.25, -0.2) is 19.9 Å². The van der Waals surface area contributed by atoms with Crippen molar-refractivity contribution >= 4 is 275 Å². The van der Waals surface area contributed by atoms with Crippen LogP contribution in [0.2, 0.25) is 0 Å². The minimum absolute atomic E-state index is 0.932. The van der Waals surface area contributed by atoms with Crippen LogP contribution in [0, 0.1) is 0 Å². The molecule has 0 atom stereocenters. The monoisotopic (exact) mass is 1620 g/mol. The first-order chi connectivity index (χ1) is 61.0. The van der Waals surface area contributed by atoms with E-state index in [0.29, 0.717) is 0 Å². The molecule has 0 bridgehead atoms. The Balaban J connectivity index is 0.0000000946. The highest BCUT2D eigenvalue weighted by Crippen LogP contribution is 2.49. The molecule has 0 unspecified atom stereocenters. The van der Waals surface area contributed by atoms with Crippen LogP contribution in [0.25, 0.3) is 258 Å². The highest BCUT2D eigenvalue weighted by molar-refractivity contribution is 7.26. The van der Waals surface area contributed by atoms with Crippen LogP contribution in [-0.2, 0) is 0 Å². The molecule has 0 saturated heterocycles. The predicted molar refractivity (Wildman–Crippen MR) is 520 cm³/mol. The molecule has 0 amide bonds. The number of aromatic nitrogens is 11. The Bertz CT molecular complexity index is 8970. The van der Waals surface area contributed by atoms with Gasteiger partial charge in [0.25, 0.3) is 0 Å². The average Bonchev–Trinajstić information content (AvgIpc) is 1.53. The van der Waals surface area contributed by atoms with Crippen LogP contribution in [0.15, 0.2) is 370 Å². The summed E-state index contributed by atoms with van der Waals surface area (Å²) in [6, 6.07) is 129. The summed E-state index contributed by atoms with van der Waals surface area (Å²) in [4.78, 5) is 25.3. The number of fused-ring (bicyclic) bond motifs is 42. The minimum atomic E-state index is 0.932. The second-order valence-electron chi connectivity index (χ2n) is 32.2. The number of pyridine rings is 5. The largest absolute Gasteiger partial charge is 0.309 e. The minimum Gasteiger partial charge on any atom is -0.309 e. The summed E-state index contributed by atoms with van der Waals surface area (Å²) < 4.78 is 22.0. The topological polar surface area (TPSA) is 92.5 Å². The van der Waals surface area contributed by atoms with Crippen molar-refractivity contribution in [1.82, 2.24) is 51.8 Å². The molecule has 0 radical (unpaired) electrons. The van der Waals surface area contributed by atoms with E-state index in [1.54, 1.807) is 0 Å². The molecule has 570 valence electrons. The number of hydrogen-bond acceptors (Lipinski definition) is 8. The van der Waals surface area contributed by atoms with Gasteiger partial charge in [0.2, 0.25) is 0 Å². The third-order valence-electron chi connectivity index (χ3n) is 25.7. The van der Waals surface area contributed by atoms with E-state index in [0.717, 1.165) is 105 Å². The molecule has 0 aliphatic carbocycles. The third-order valence-corrected chi connectivity index (χ3v) is 29.1. The molecule has 30 rings (SSSR count). The van der Waals surface area contributed by atoms with E-state index in [-0.39, 0.29) is 0 Å². The molecule has 30 aromatic rings. The third kappa shape index (κ3) is 9.59. The molecule has 0 N–H and O–H groups in total. The molecule has 14 aromatic heterocycles. The van der Waals surface area contributed by atoms with Crippen LogP contribution in [0.4, 0.5) is 0 Å². The smallest absolute Gasteiger partial charge is 0.147 e. The Labute approximate surface area is 709 Å². The first-order valence-corrected chi connectivity index (χ1v) is 43.9. The quantitative estimate of drug-likeness (QED) is 0.164. The van der Waals surface area contributed by atoms with Crippen LogP contribution in [-0.4, -0.2) is 51.8 Å². The van der Waals surface area contributed by atoms with Gasteiger partial charge in [0.15, 0.2) is 0 Å². The van der Waals surface area contributed by atoms with Gasteiger partial charge in [-0.15, -0.1) is 34.0 Å². The summed E-state index contributed by atoms with van der Waals surface area (Å²) in [5, 5.41) is 24.7. The van der Waals surface area contributed by atoms with Crippen molar-refractivity contribution in [1.29, 1.82) is 0 Å². The number of hydrogen-bond donors (Lipinski definition) is 0. The molecule has 0 aliphatic rings. The molecule has 14 heterocycles. The lowest BCUT2D eigenvalue weighted by Crippen LogP contribution is -1.95. The molecule has 123 heavy (non-hydrogen) atoms. The van der Waals surface area contributed by atoms with Crippen molar-refractivity contribution in [3.63, 3.8) is 0 Å². The Morgan fingerprint density at radius 1 is 0.171 bits per heavy atom. The predicted octanol–water partition coefficient (Wildman–Crippen LogP) is 29.6. The van der Waals surface area contributed by atoms with E-state index in [4.69, 9.17) is 24.9 Å². The molecule has 0 saturated carbocycles. The van der Waals surface area contributed by atoms with Gasteiger partial charge in [-0.05, 0) is 205 Å². The van der Waals surface area contributed by atoms with E-state index in [9.17, 15) is 0 Å². The lowest BCUT2D eigenvalue weighted by atomic mass is 10.0. The number of rotatable bonds is 3. The number of nitrogens with zero attached hydrogens (tertiary/aromatic N) is 11. The zero-order valence-corrected chi connectivity index (χ0v) is 67.8. The molecule has 11 nitrogen and oxygen atoms in total. The lowest BCUT2D eigenvalue weighted by Gasteiger charge is -2.11. The molecular formula is C109H61N11S3. The van der Waals surface area contributed by atoms with Gasteiger partial charge in [-0.2, -0.15) is 0 Å². The van der Waals surface area contributed by atoms with Crippen LogP contribution in [0.5, 0.6) is 0 Å². The van der Waals surface area contributed by atoms with Crippen LogP contribution in [0.3, 0.4) is 0 Å². The number of benzene rings is 16. The average molecular weight is 1620 g/mol. The molecular weight excluding hydrogens is 1560 g/mol. The maximum Gasteiger partial charge on any atom is 0.147 e. The van der Waals surface area contributed by atoms with Crippen LogP contribution >= 0.6 is 34.0 Å². The maximum atomic E-state index is 5.18. The normalized spacial score (nSPS) is 12.4. The molecule has 0 spiro atoms. The van der Waals surface area contributed by atoms with E-state index in [1.807, 2.05) is 64.6 Å².